The Hall–Kier alpha value is -2.77. The highest BCUT2D eigenvalue weighted by atomic mass is 16.5. The number of hydrogen-bond acceptors (Lipinski definition) is 6. The molecular weight excluding hydrogens is 316 g/mol. The second kappa shape index (κ2) is 8.36. The lowest BCUT2D eigenvalue weighted by molar-refractivity contribution is 0.328. The Kier molecular flexibility index (Phi) is 5.71. The summed E-state index contributed by atoms with van der Waals surface area (Å²) in [5.41, 5.74) is 3.26. The number of likely N-dealkylation sites (N-methyl/N-ethyl adjacent to an activating group) is 2. The maximum absolute atomic E-state index is 5.63. The minimum Gasteiger partial charge on any atom is -0.424 e. The first-order valence-electron chi connectivity index (χ1n) is 8.17. The Bertz CT molecular complexity index is 772. The predicted molar refractivity (Wildman–Crippen MR) is 96.4 cm³/mol. The molecule has 0 atom stereocenters. The van der Waals surface area contributed by atoms with Crippen LogP contribution in [0, 0.1) is 0 Å². The molecule has 1 aromatic carbocycles. The van der Waals surface area contributed by atoms with Gasteiger partial charge >= 0.3 is 6.01 Å². The summed E-state index contributed by atoms with van der Waals surface area (Å²) >= 11 is 0. The molecule has 0 saturated carbocycles. The van der Waals surface area contributed by atoms with Crippen LogP contribution in [-0.2, 0) is 6.54 Å². The number of aromatic amines is 1. The van der Waals surface area contributed by atoms with Gasteiger partial charge in [0.05, 0.1) is 11.9 Å². The van der Waals surface area contributed by atoms with Crippen LogP contribution in [-0.4, -0.2) is 52.3 Å². The molecule has 3 aromatic rings. The third-order valence-corrected chi connectivity index (χ3v) is 3.80. The van der Waals surface area contributed by atoms with Gasteiger partial charge in [0.15, 0.2) is 0 Å². The summed E-state index contributed by atoms with van der Waals surface area (Å²) in [6, 6.07) is 9.90. The van der Waals surface area contributed by atoms with Crippen LogP contribution >= 0.6 is 0 Å². The smallest absolute Gasteiger partial charge is 0.321 e. The molecular formula is C18H22N6O. The van der Waals surface area contributed by atoms with E-state index < -0.39 is 0 Å². The molecule has 2 aromatic heterocycles. The van der Waals surface area contributed by atoms with E-state index in [9.17, 15) is 0 Å². The van der Waals surface area contributed by atoms with Gasteiger partial charge in [-0.15, -0.1) is 0 Å². The van der Waals surface area contributed by atoms with Crippen LogP contribution in [0.4, 0.5) is 0 Å². The SMILES string of the molecule is CNCCN(C)Cc1cn[nH]c1-c1ccc(Oc2ncccn2)cc1. The fraction of sp³-hybridized carbons (Fsp3) is 0.278. The molecule has 0 saturated heterocycles. The summed E-state index contributed by atoms with van der Waals surface area (Å²) < 4.78 is 5.63. The molecule has 7 heteroatoms. The summed E-state index contributed by atoms with van der Waals surface area (Å²) in [5.74, 6) is 0.696. The van der Waals surface area contributed by atoms with Crippen LogP contribution in [0.2, 0.25) is 0 Å². The predicted octanol–water partition coefficient (Wildman–Crippen LogP) is 2.31. The van der Waals surface area contributed by atoms with E-state index >= 15 is 0 Å². The Labute approximate surface area is 147 Å². The zero-order chi connectivity index (χ0) is 17.5. The normalized spacial score (nSPS) is 11.0. The lowest BCUT2D eigenvalue weighted by atomic mass is 10.1. The van der Waals surface area contributed by atoms with Crippen molar-refractivity contribution in [2.24, 2.45) is 0 Å². The van der Waals surface area contributed by atoms with Gasteiger partial charge in [0, 0.05) is 43.2 Å². The van der Waals surface area contributed by atoms with E-state index in [1.807, 2.05) is 37.5 Å². The largest absolute Gasteiger partial charge is 0.424 e. The van der Waals surface area contributed by atoms with E-state index in [0.29, 0.717) is 11.8 Å². The monoisotopic (exact) mass is 338 g/mol. The Morgan fingerprint density at radius 2 is 1.92 bits per heavy atom. The molecule has 7 nitrogen and oxygen atoms in total. The third-order valence-electron chi connectivity index (χ3n) is 3.80. The molecule has 3 rings (SSSR count). The van der Waals surface area contributed by atoms with Crippen molar-refractivity contribution < 1.29 is 4.74 Å². The lowest BCUT2D eigenvalue weighted by Gasteiger charge is -2.16. The molecule has 0 bridgehead atoms. The molecule has 0 fully saturated rings. The van der Waals surface area contributed by atoms with Crippen LogP contribution in [0.15, 0.2) is 48.9 Å². The van der Waals surface area contributed by atoms with Crippen molar-refractivity contribution in [2.75, 3.05) is 27.2 Å². The average molecular weight is 338 g/mol. The van der Waals surface area contributed by atoms with E-state index in [4.69, 9.17) is 4.74 Å². The molecule has 0 spiro atoms. The van der Waals surface area contributed by atoms with Crippen molar-refractivity contribution in [1.82, 2.24) is 30.4 Å². The quantitative estimate of drug-likeness (QED) is 0.656. The van der Waals surface area contributed by atoms with Crippen molar-refractivity contribution in [3.8, 4) is 23.0 Å². The van der Waals surface area contributed by atoms with Crippen LogP contribution in [0.1, 0.15) is 5.56 Å². The highest BCUT2D eigenvalue weighted by molar-refractivity contribution is 5.63. The van der Waals surface area contributed by atoms with E-state index in [2.05, 4.69) is 37.4 Å². The van der Waals surface area contributed by atoms with Crippen molar-refractivity contribution in [2.45, 2.75) is 6.54 Å². The van der Waals surface area contributed by atoms with Gasteiger partial charge in [-0.1, -0.05) is 0 Å². The summed E-state index contributed by atoms with van der Waals surface area (Å²) in [5, 5.41) is 10.5. The number of ether oxygens (including phenoxy) is 1. The molecule has 2 heterocycles. The number of nitrogens with zero attached hydrogens (tertiary/aromatic N) is 4. The number of H-pyrrole nitrogens is 1. The summed E-state index contributed by atoms with van der Waals surface area (Å²) in [4.78, 5) is 10.4. The van der Waals surface area contributed by atoms with Crippen molar-refractivity contribution in [1.29, 1.82) is 0 Å². The van der Waals surface area contributed by atoms with Gasteiger partial charge < -0.3 is 15.0 Å². The number of hydrogen-bond donors (Lipinski definition) is 2. The zero-order valence-electron chi connectivity index (χ0n) is 14.4. The van der Waals surface area contributed by atoms with E-state index in [1.165, 1.54) is 5.56 Å². The van der Waals surface area contributed by atoms with Gasteiger partial charge in [-0.05, 0) is 44.4 Å². The Balaban J connectivity index is 1.69. The first-order valence-corrected chi connectivity index (χ1v) is 8.17. The molecule has 0 amide bonds. The lowest BCUT2D eigenvalue weighted by Crippen LogP contribution is -2.26. The first kappa shape index (κ1) is 17.1. The van der Waals surface area contributed by atoms with Crippen molar-refractivity contribution in [3.63, 3.8) is 0 Å². The molecule has 0 aliphatic rings. The van der Waals surface area contributed by atoms with Crippen molar-refractivity contribution >= 4 is 0 Å². The third kappa shape index (κ3) is 4.62. The average Bonchev–Trinajstić information content (AvgIpc) is 3.09. The zero-order valence-corrected chi connectivity index (χ0v) is 14.4. The van der Waals surface area contributed by atoms with Gasteiger partial charge in [0.1, 0.15) is 5.75 Å². The summed E-state index contributed by atoms with van der Waals surface area (Å²) in [6.07, 6.45) is 5.18. The number of rotatable bonds is 8. The summed E-state index contributed by atoms with van der Waals surface area (Å²) in [6.45, 7) is 2.77. The van der Waals surface area contributed by atoms with Gasteiger partial charge in [-0.2, -0.15) is 5.10 Å². The van der Waals surface area contributed by atoms with Crippen LogP contribution < -0.4 is 10.1 Å². The first-order chi connectivity index (χ1) is 12.3. The minimum atomic E-state index is 0.337. The van der Waals surface area contributed by atoms with Gasteiger partial charge in [-0.25, -0.2) is 9.97 Å². The van der Waals surface area contributed by atoms with Gasteiger partial charge in [0.25, 0.3) is 0 Å². The highest BCUT2D eigenvalue weighted by Crippen LogP contribution is 2.25. The van der Waals surface area contributed by atoms with Crippen LogP contribution in [0.5, 0.6) is 11.8 Å². The maximum Gasteiger partial charge on any atom is 0.321 e. The summed E-state index contributed by atoms with van der Waals surface area (Å²) in [7, 11) is 4.06. The fourth-order valence-electron chi connectivity index (χ4n) is 2.49. The van der Waals surface area contributed by atoms with Crippen LogP contribution in [0.25, 0.3) is 11.3 Å². The molecule has 0 aliphatic carbocycles. The van der Waals surface area contributed by atoms with Crippen LogP contribution in [0.3, 0.4) is 0 Å². The minimum absolute atomic E-state index is 0.337. The molecule has 0 radical (unpaired) electrons. The molecule has 2 N–H and O–H groups in total. The van der Waals surface area contributed by atoms with E-state index in [0.717, 1.165) is 30.9 Å². The number of aromatic nitrogens is 4. The topological polar surface area (TPSA) is 79.0 Å². The second-order valence-electron chi connectivity index (χ2n) is 5.77. The number of benzene rings is 1. The van der Waals surface area contributed by atoms with Crippen molar-refractivity contribution in [3.05, 3.63) is 54.5 Å². The molecule has 0 unspecified atom stereocenters. The Morgan fingerprint density at radius 3 is 2.64 bits per heavy atom. The van der Waals surface area contributed by atoms with Gasteiger partial charge in [0.2, 0.25) is 0 Å². The molecule has 130 valence electrons. The van der Waals surface area contributed by atoms with E-state index in [-0.39, 0.29) is 0 Å². The maximum atomic E-state index is 5.63. The highest BCUT2D eigenvalue weighted by Gasteiger charge is 2.10. The molecule has 0 aliphatic heterocycles. The van der Waals surface area contributed by atoms with Gasteiger partial charge in [-0.3, -0.25) is 5.10 Å². The number of nitrogens with one attached hydrogen (secondary N) is 2. The fourth-order valence-corrected chi connectivity index (χ4v) is 2.49. The molecule has 25 heavy (non-hydrogen) atoms. The second-order valence-corrected chi connectivity index (χ2v) is 5.77. The van der Waals surface area contributed by atoms with E-state index in [1.54, 1.807) is 18.5 Å². The Morgan fingerprint density at radius 1 is 1.16 bits per heavy atom. The standard InChI is InChI=1S/C18H22N6O/c1-19-10-11-24(2)13-15-12-22-23-17(15)14-4-6-16(7-5-14)25-18-20-8-3-9-21-18/h3-9,12,19H,10-11,13H2,1-2H3,(H,22,23).